The second kappa shape index (κ2) is 5.26. The van der Waals surface area contributed by atoms with E-state index >= 15 is 0 Å². The van der Waals surface area contributed by atoms with Gasteiger partial charge in [0.25, 0.3) is 0 Å². The third-order valence-corrected chi connectivity index (χ3v) is 2.64. The van der Waals surface area contributed by atoms with E-state index in [1.807, 2.05) is 24.4 Å². The maximum atomic E-state index is 9.84. The fourth-order valence-electron chi connectivity index (χ4n) is 1.46. The lowest BCUT2D eigenvalue weighted by atomic mass is 9.86. The number of pyridine rings is 1. The first-order chi connectivity index (χ1) is 7.00. The summed E-state index contributed by atoms with van der Waals surface area (Å²) in [5, 5.41) is 9.84. The zero-order valence-corrected chi connectivity index (χ0v) is 9.90. The van der Waals surface area contributed by atoms with Gasteiger partial charge in [0.05, 0.1) is 6.10 Å². The van der Waals surface area contributed by atoms with Crippen molar-refractivity contribution >= 4 is 0 Å². The van der Waals surface area contributed by atoms with Crippen LogP contribution in [0.4, 0.5) is 0 Å². The first kappa shape index (κ1) is 12.2. The number of aliphatic hydroxyl groups is 1. The molecule has 1 N–H and O–H groups in total. The van der Waals surface area contributed by atoms with Crippen molar-refractivity contribution in [2.75, 3.05) is 0 Å². The molecule has 1 rings (SSSR count). The lowest BCUT2D eigenvalue weighted by molar-refractivity contribution is 0.0540. The van der Waals surface area contributed by atoms with E-state index in [9.17, 15) is 5.11 Å². The predicted octanol–water partition coefficient (Wildman–Crippen LogP) is 2.81. The number of hydrogen-bond donors (Lipinski definition) is 1. The Morgan fingerprint density at radius 2 is 2.07 bits per heavy atom. The van der Waals surface area contributed by atoms with E-state index in [4.69, 9.17) is 0 Å². The van der Waals surface area contributed by atoms with E-state index < -0.39 is 0 Å². The van der Waals surface area contributed by atoms with Crippen LogP contribution in [0.15, 0.2) is 24.4 Å². The molecule has 15 heavy (non-hydrogen) atoms. The van der Waals surface area contributed by atoms with Gasteiger partial charge in [-0.05, 0) is 36.8 Å². The average molecular weight is 207 g/mol. The van der Waals surface area contributed by atoms with Crippen LogP contribution >= 0.6 is 0 Å². The Morgan fingerprint density at radius 3 is 2.60 bits per heavy atom. The molecule has 84 valence electrons. The summed E-state index contributed by atoms with van der Waals surface area (Å²) in [5.41, 5.74) is 1.10. The molecule has 0 saturated carbocycles. The normalized spacial score (nSPS) is 13.9. The monoisotopic (exact) mass is 207 g/mol. The van der Waals surface area contributed by atoms with E-state index in [0.29, 0.717) is 0 Å². The smallest absolute Gasteiger partial charge is 0.0588 e. The molecule has 0 amide bonds. The molecule has 0 aliphatic heterocycles. The Morgan fingerprint density at radius 1 is 1.33 bits per heavy atom. The van der Waals surface area contributed by atoms with Crippen molar-refractivity contribution in [3.8, 4) is 0 Å². The van der Waals surface area contributed by atoms with Gasteiger partial charge in [-0.2, -0.15) is 0 Å². The third-order valence-electron chi connectivity index (χ3n) is 2.64. The lowest BCUT2D eigenvalue weighted by Gasteiger charge is -2.25. The largest absolute Gasteiger partial charge is 0.393 e. The highest BCUT2D eigenvalue weighted by atomic mass is 16.3. The molecule has 0 saturated heterocycles. The highest BCUT2D eigenvalue weighted by Gasteiger charge is 2.21. The van der Waals surface area contributed by atoms with E-state index in [1.165, 1.54) is 0 Å². The van der Waals surface area contributed by atoms with Crippen molar-refractivity contribution in [1.29, 1.82) is 0 Å². The van der Waals surface area contributed by atoms with Crippen molar-refractivity contribution in [2.24, 2.45) is 5.41 Å². The molecule has 1 aromatic heterocycles. The van der Waals surface area contributed by atoms with Crippen LogP contribution in [0.25, 0.3) is 0 Å². The van der Waals surface area contributed by atoms with Gasteiger partial charge in [0.2, 0.25) is 0 Å². The average Bonchev–Trinajstić information content (AvgIpc) is 2.18. The van der Waals surface area contributed by atoms with Crippen molar-refractivity contribution in [1.82, 2.24) is 4.98 Å². The van der Waals surface area contributed by atoms with Gasteiger partial charge in [0.15, 0.2) is 0 Å². The topological polar surface area (TPSA) is 33.1 Å². The highest BCUT2D eigenvalue weighted by Crippen LogP contribution is 2.22. The Labute approximate surface area is 92.4 Å². The van der Waals surface area contributed by atoms with Gasteiger partial charge in [0, 0.05) is 11.9 Å². The number of nitrogens with zero attached hydrogens (tertiary/aromatic N) is 1. The van der Waals surface area contributed by atoms with Crippen LogP contribution in [0.1, 0.15) is 39.3 Å². The molecule has 1 heterocycles. The second-order valence-corrected chi connectivity index (χ2v) is 5.10. The van der Waals surface area contributed by atoms with Crippen LogP contribution < -0.4 is 0 Å². The summed E-state index contributed by atoms with van der Waals surface area (Å²) < 4.78 is 0. The molecular formula is C13H21NO. The predicted molar refractivity (Wildman–Crippen MR) is 62.6 cm³/mol. The number of aromatic nitrogens is 1. The highest BCUT2D eigenvalue weighted by molar-refractivity contribution is 5.03. The van der Waals surface area contributed by atoms with Crippen molar-refractivity contribution < 1.29 is 5.11 Å². The molecule has 1 unspecified atom stereocenters. The Bertz CT molecular complexity index is 276. The van der Waals surface area contributed by atoms with Gasteiger partial charge in [-0.15, -0.1) is 0 Å². The fraction of sp³-hybridized carbons (Fsp3) is 0.615. The number of aliphatic hydroxyl groups excluding tert-OH is 1. The van der Waals surface area contributed by atoms with Gasteiger partial charge >= 0.3 is 0 Å². The van der Waals surface area contributed by atoms with Crippen LogP contribution in [0.2, 0.25) is 0 Å². The minimum atomic E-state index is -0.221. The fourth-order valence-corrected chi connectivity index (χ4v) is 1.46. The molecule has 1 aromatic rings. The molecule has 0 aromatic carbocycles. The van der Waals surface area contributed by atoms with Gasteiger partial charge in [-0.25, -0.2) is 0 Å². The van der Waals surface area contributed by atoms with E-state index in [-0.39, 0.29) is 11.5 Å². The summed E-state index contributed by atoms with van der Waals surface area (Å²) in [6.45, 7) is 6.20. The zero-order valence-electron chi connectivity index (χ0n) is 9.90. The quantitative estimate of drug-likeness (QED) is 0.823. The molecular weight excluding hydrogens is 186 g/mol. The molecule has 0 aliphatic carbocycles. The number of aryl methyl sites for hydroxylation is 1. The molecule has 1 atom stereocenters. The van der Waals surface area contributed by atoms with Crippen molar-refractivity contribution in [3.05, 3.63) is 30.1 Å². The summed E-state index contributed by atoms with van der Waals surface area (Å²) in [6.07, 6.45) is 4.39. The van der Waals surface area contributed by atoms with Crippen molar-refractivity contribution in [2.45, 2.75) is 46.1 Å². The Kier molecular flexibility index (Phi) is 4.28. The van der Waals surface area contributed by atoms with Crippen LogP contribution in [-0.2, 0) is 6.42 Å². The van der Waals surface area contributed by atoms with Gasteiger partial charge in [-0.1, -0.05) is 26.8 Å². The second-order valence-electron chi connectivity index (χ2n) is 5.10. The summed E-state index contributed by atoms with van der Waals surface area (Å²) in [4.78, 5) is 4.26. The van der Waals surface area contributed by atoms with E-state index in [1.54, 1.807) is 0 Å². The van der Waals surface area contributed by atoms with Gasteiger partial charge < -0.3 is 5.11 Å². The summed E-state index contributed by atoms with van der Waals surface area (Å²) in [5.74, 6) is 0. The molecule has 0 aliphatic rings. The SMILES string of the molecule is CC(C)(C)C(O)CCCc1ccccn1. The molecule has 0 radical (unpaired) electrons. The lowest BCUT2D eigenvalue weighted by Crippen LogP contribution is -2.25. The maximum absolute atomic E-state index is 9.84. The first-order valence-corrected chi connectivity index (χ1v) is 5.58. The standard InChI is InChI=1S/C13H21NO/c1-13(2,3)12(15)9-6-8-11-7-4-5-10-14-11/h4-5,7,10,12,15H,6,8-9H2,1-3H3. The van der Waals surface area contributed by atoms with Crippen molar-refractivity contribution in [3.63, 3.8) is 0 Å². The maximum Gasteiger partial charge on any atom is 0.0588 e. The van der Waals surface area contributed by atoms with Crippen LogP contribution in [0.5, 0.6) is 0 Å². The zero-order chi connectivity index (χ0) is 11.3. The minimum Gasteiger partial charge on any atom is -0.393 e. The number of hydrogen-bond acceptors (Lipinski definition) is 2. The van der Waals surface area contributed by atoms with Crippen LogP contribution in [-0.4, -0.2) is 16.2 Å². The summed E-state index contributed by atoms with van der Waals surface area (Å²) in [7, 11) is 0. The first-order valence-electron chi connectivity index (χ1n) is 5.58. The third kappa shape index (κ3) is 4.43. The summed E-state index contributed by atoms with van der Waals surface area (Å²) >= 11 is 0. The molecule has 0 bridgehead atoms. The van der Waals surface area contributed by atoms with Crippen LogP contribution in [0.3, 0.4) is 0 Å². The van der Waals surface area contributed by atoms with E-state index in [2.05, 4.69) is 25.8 Å². The Balaban J connectivity index is 2.28. The molecule has 0 fully saturated rings. The van der Waals surface area contributed by atoms with Gasteiger partial charge in [0.1, 0.15) is 0 Å². The van der Waals surface area contributed by atoms with Gasteiger partial charge in [-0.3, -0.25) is 4.98 Å². The Hall–Kier alpha value is -0.890. The molecule has 2 nitrogen and oxygen atoms in total. The summed E-state index contributed by atoms with van der Waals surface area (Å²) in [6, 6.07) is 5.96. The van der Waals surface area contributed by atoms with Crippen LogP contribution in [0, 0.1) is 5.41 Å². The minimum absolute atomic E-state index is 0.00981. The molecule has 0 spiro atoms. The van der Waals surface area contributed by atoms with E-state index in [0.717, 1.165) is 25.0 Å². The molecule has 2 heteroatoms. The number of rotatable bonds is 4.